The summed E-state index contributed by atoms with van der Waals surface area (Å²) in [5, 5.41) is 0.719. The molecule has 0 bridgehead atoms. The summed E-state index contributed by atoms with van der Waals surface area (Å²) in [6.45, 7) is 3.64. The Kier molecular flexibility index (Phi) is 5.01. The highest BCUT2D eigenvalue weighted by Crippen LogP contribution is 2.30. The first-order valence-electron chi connectivity index (χ1n) is 6.60. The Bertz CT molecular complexity index is 674. The summed E-state index contributed by atoms with van der Waals surface area (Å²) in [7, 11) is 0. The fourth-order valence-electron chi connectivity index (χ4n) is 1.88. The Morgan fingerprint density at radius 1 is 1.24 bits per heavy atom. The minimum absolute atomic E-state index is 0.0235. The number of rotatable bonds is 5. The standard InChI is InChI=1S/C15H15BrO5/c1-3-13(17)20-8-11-10-7-9(16)5-6-12(10)21-14(11)15(18)19-4-2/h5-7H,3-4,8H2,1-2H3. The van der Waals surface area contributed by atoms with Crippen molar-refractivity contribution >= 4 is 38.8 Å². The van der Waals surface area contributed by atoms with Crippen LogP contribution in [0.5, 0.6) is 0 Å². The Morgan fingerprint density at radius 2 is 2.00 bits per heavy atom. The molecule has 0 spiro atoms. The van der Waals surface area contributed by atoms with Crippen LogP contribution in [0.1, 0.15) is 36.4 Å². The van der Waals surface area contributed by atoms with Gasteiger partial charge in [0, 0.05) is 16.3 Å². The van der Waals surface area contributed by atoms with Gasteiger partial charge in [-0.1, -0.05) is 22.9 Å². The molecule has 0 fully saturated rings. The minimum atomic E-state index is -0.563. The average Bonchev–Trinajstić information content (AvgIpc) is 2.83. The van der Waals surface area contributed by atoms with Gasteiger partial charge in [-0.25, -0.2) is 4.79 Å². The first-order chi connectivity index (χ1) is 10.1. The molecule has 21 heavy (non-hydrogen) atoms. The zero-order valence-corrected chi connectivity index (χ0v) is 13.4. The molecule has 0 radical (unpaired) electrons. The van der Waals surface area contributed by atoms with E-state index in [1.807, 2.05) is 12.1 Å². The molecular formula is C15H15BrO5. The lowest BCUT2D eigenvalue weighted by molar-refractivity contribution is -0.144. The Hall–Kier alpha value is -1.82. The maximum atomic E-state index is 12.0. The third-order valence-corrected chi connectivity index (χ3v) is 3.37. The van der Waals surface area contributed by atoms with Crippen molar-refractivity contribution in [2.75, 3.05) is 6.61 Å². The molecule has 1 aromatic carbocycles. The minimum Gasteiger partial charge on any atom is -0.461 e. The second-order valence-corrected chi connectivity index (χ2v) is 5.20. The van der Waals surface area contributed by atoms with E-state index in [9.17, 15) is 9.59 Å². The van der Waals surface area contributed by atoms with Crippen LogP contribution in [-0.4, -0.2) is 18.5 Å². The quantitative estimate of drug-likeness (QED) is 0.763. The molecule has 2 aromatic rings. The smallest absolute Gasteiger partial charge is 0.374 e. The molecule has 1 aromatic heterocycles. The SMILES string of the molecule is CCOC(=O)c1oc2ccc(Br)cc2c1COC(=O)CC. The van der Waals surface area contributed by atoms with Gasteiger partial charge in [0.2, 0.25) is 5.76 Å². The molecule has 0 saturated carbocycles. The van der Waals surface area contributed by atoms with Crippen molar-refractivity contribution in [2.24, 2.45) is 0 Å². The van der Waals surface area contributed by atoms with Crippen LogP contribution >= 0.6 is 15.9 Å². The van der Waals surface area contributed by atoms with Gasteiger partial charge in [0.25, 0.3) is 0 Å². The molecule has 0 saturated heterocycles. The van der Waals surface area contributed by atoms with Gasteiger partial charge < -0.3 is 13.9 Å². The highest BCUT2D eigenvalue weighted by Gasteiger charge is 2.22. The molecule has 0 atom stereocenters. The maximum Gasteiger partial charge on any atom is 0.374 e. The molecule has 6 heteroatoms. The molecular weight excluding hydrogens is 340 g/mol. The van der Waals surface area contributed by atoms with E-state index in [0.29, 0.717) is 11.1 Å². The Balaban J connectivity index is 2.45. The van der Waals surface area contributed by atoms with Gasteiger partial charge in [0.1, 0.15) is 12.2 Å². The van der Waals surface area contributed by atoms with E-state index in [-0.39, 0.29) is 31.4 Å². The molecule has 0 aliphatic carbocycles. The highest BCUT2D eigenvalue weighted by atomic mass is 79.9. The van der Waals surface area contributed by atoms with Crippen molar-refractivity contribution < 1.29 is 23.5 Å². The number of esters is 2. The summed E-state index contributed by atoms with van der Waals surface area (Å²) in [5.41, 5.74) is 1.07. The lowest BCUT2D eigenvalue weighted by Crippen LogP contribution is -2.09. The van der Waals surface area contributed by atoms with Crippen LogP contribution in [0.4, 0.5) is 0 Å². The number of hydrogen-bond donors (Lipinski definition) is 0. The van der Waals surface area contributed by atoms with E-state index in [1.165, 1.54) is 0 Å². The number of carbonyl (C=O) groups is 2. The van der Waals surface area contributed by atoms with Crippen LogP contribution in [0, 0.1) is 0 Å². The van der Waals surface area contributed by atoms with Crippen LogP contribution in [0.3, 0.4) is 0 Å². The number of fused-ring (bicyclic) bond motifs is 1. The Morgan fingerprint density at radius 3 is 2.67 bits per heavy atom. The van der Waals surface area contributed by atoms with Crippen molar-refractivity contribution in [1.29, 1.82) is 0 Å². The van der Waals surface area contributed by atoms with Crippen LogP contribution < -0.4 is 0 Å². The average molecular weight is 355 g/mol. The predicted molar refractivity (Wildman–Crippen MR) is 80.0 cm³/mol. The van der Waals surface area contributed by atoms with E-state index in [4.69, 9.17) is 13.9 Å². The number of benzene rings is 1. The van der Waals surface area contributed by atoms with Gasteiger partial charge in [-0.3, -0.25) is 4.79 Å². The fraction of sp³-hybridized carbons (Fsp3) is 0.333. The lowest BCUT2D eigenvalue weighted by atomic mass is 10.1. The van der Waals surface area contributed by atoms with Crippen LogP contribution in [0.2, 0.25) is 0 Å². The normalized spacial score (nSPS) is 10.6. The van der Waals surface area contributed by atoms with Crippen molar-refractivity contribution in [3.63, 3.8) is 0 Å². The second kappa shape index (κ2) is 6.76. The van der Waals surface area contributed by atoms with Crippen molar-refractivity contribution in [3.8, 4) is 0 Å². The van der Waals surface area contributed by atoms with Gasteiger partial charge in [0.15, 0.2) is 0 Å². The third-order valence-electron chi connectivity index (χ3n) is 2.88. The predicted octanol–water partition coefficient (Wildman–Crippen LogP) is 3.83. The summed E-state index contributed by atoms with van der Waals surface area (Å²) < 4.78 is 16.5. The summed E-state index contributed by atoms with van der Waals surface area (Å²) >= 11 is 3.37. The van der Waals surface area contributed by atoms with Crippen molar-refractivity contribution in [1.82, 2.24) is 0 Å². The topological polar surface area (TPSA) is 65.7 Å². The van der Waals surface area contributed by atoms with E-state index in [2.05, 4.69) is 15.9 Å². The molecule has 0 unspecified atom stereocenters. The molecule has 112 valence electrons. The maximum absolute atomic E-state index is 12.0. The second-order valence-electron chi connectivity index (χ2n) is 4.28. The van der Waals surface area contributed by atoms with Crippen LogP contribution in [0.25, 0.3) is 11.0 Å². The van der Waals surface area contributed by atoms with E-state index >= 15 is 0 Å². The van der Waals surface area contributed by atoms with Gasteiger partial charge >= 0.3 is 11.9 Å². The number of carbonyl (C=O) groups excluding carboxylic acids is 2. The van der Waals surface area contributed by atoms with Crippen LogP contribution in [0.15, 0.2) is 27.1 Å². The van der Waals surface area contributed by atoms with E-state index in [0.717, 1.165) is 9.86 Å². The largest absolute Gasteiger partial charge is 0.461 e. The Labute approximate surface area is 130 Å². The van der Waals surface area contributed by atoms with E-state index in [1.54, 1.807) is 19.9 Å². The highest BCUT2D eigenvalue weighted by molar-refractivity contribution is 9.10. The lowest BCUT2D eigenvalue weighted by Gasteiger charge is -2.04. The van der Waals surface area contributed by atoms with E-state index < -0.39 is 5.97 Å². The first kappa shape index (κ1) is 15.6. The van der Waals surface area contributed by atoms with Gasteiger partial charge in [-0.05, 0) is 25.1 Å². The number of ether oxygens (including phenoxy) is 2. The van der Waals surface area contributed by atoms with Gasteiger partial charge in [-0.2, -0.15) is 0 Å². The summed E-state index contributed by atoms with van der Waals surface area (Å²) in [5.74, 6) is -0.824. The molecule has 2 rings (SSSR count). The number of hydrogen-bond acceptors (Lipinski definition) is 5. The fourth-order valence-corrected chi connectivity index (χ4v) is 2.24. The van der Waals surface area contributed by atoms with Crippen LogP contribution in [-0.2, 0) is 20.9 Å². The molecule has 0 amide bonds. The summed E-state index contributed by atoms with van der Waals surface area (Å²) in [4.78, 5) is 23.3. The van der Waals surface area contributed by atoms with Gasteiger partial charge in [-0.15, -0.1) is 0 Å². The van der Waals surface area contributed by atoms with Crippen molar-refractivity contribution in [2.45, 2.75) is 26.9 Å². The molecule has 0 aliphatic heterocycles. The number of halogens is 1. The molecule has 5 nitrogen and oxygen atoms in total. The first-order valence-corrected chi connectivity index (χ1v) is 7.39. The number of furan rings is 1. The molecule has 0 N–H and O–H groups in total. The molecule has 0 aliphatic rings. The third kappa shape index (κ3) is 3.44. The summed E-state index contributed by atoms with van der Waals surface area (Å²) in [6.07, 6.45) is 0.272. The zero-order chi connectivity index (χ0) is 15.4. The molecule has 1 heterocycles. The van der Waals surface area contributed by atoms with Gasteiger partial charge in [0.05, 0.1) is 12.2 Å². The monoisotopic (exact) mass is 354 g/mol. The zero-order valence-electron chi connectivity index (χ0n) is 11.8. The van der Waals surface area contributed by atoms with Crippen molar-refractivity contribution in [3.05, 3.63) is 34.0 Å². The summed E-state index contributed by atoms with van der Waals surface area (Å²) in [6, 6.07) is 5.37.